The Balaban J connectivity index is 2.67. The second-order valence-corrected chi connectivity index (χ2v) is 2.46. The molecule has 2 amide bonds. The molecule has 1 rings (SSSR count). The summed E-state index contributed by atoms with van der Waals surface area (Å²) in [6.45, 7) is 3.99. The Bertz CT molecular complexity index is 222. The fourth-order valence-corrected chi connectivity index (χ4v) is 1.07. The Hall–Kier alpha value is -1.32. The van der Waals surface area contributed by atoms with Crippen molar-refractivity contribution in [2.75, 3.05) is 6.54 Å². The van der Waals surface area contributed by atoms with E-state index in [0.29, 0.717) is 13.0 Å². The fraction of sp³-hybridized carbons (Fsp3) is 0.429. The smallest absolute Gasteiger partial charge is 0.264 e. The van der Waals surface area contributed by atoms with Crippen LogP contribution in [0.3, 0.4) is 0 Å². The Kier molecular flexibility index (Phi) is 1.94. The molecule has 1 fully saturated rings. The van der Waals surface area contributed by atoms with E-state index in [2.05, 4.69) is 6.58 Å². The number of rotatable bonds is 2. The molecule has 1 aliphatic heterocycles. The molecule has 0 radical (unpaired) electrons. The highest BCUT2D eigenvalue weighted by atomic mass is 16.2. The van der Waals surface area contributed by atoms with Crippen LogP contribution in [0, 0.1) is 0 Å². The molecule has 2 N–H and O–H groups in total. The minimum atomic E-state index is -0.625. The SMILES string of the molecule is C=C(C(N)=O)N1CCCC1=O. The summed E-state index contributed by atoms with van der Waals surface area (Å²) >= 11 is 0. The number of hydrogen-bond donors (Lipinski definition) is 1. The first-order valence-corrected chi connectivity index (χ1v) is 3.42. The van der Waals surface area contributed by atoms with Crippen LogP contribution in [0.25, 0.3) is 0 Å². The van der Waals surface area contributed by atoms with Gasteiger partial charge in [-0.3, -0.25) is 9.59 Å². The highest BCUT2D eigenvalue weighted by Gasteiger charge is 2.24. The van der Waals surface area contributed by atoms with Gasteiger partial charge in [-0.25, -0.2) is 0 Å². The third kappa shape index (κ3) is 1.39. The van der Waals surface area contributed by atoms with Crippen molar-refractivity contribution in [2.45, 2.75) is 12.8 Å². The number of carbonyl (C=O) groups excluding carboxylic acids is 2. The average molecular weight is 154 g/mol. The zero-order valence-electron chi connectivity index (χ0n) is 6.17. The summed E-state index contributed by atoms with van der Waals surface area (Å²) in [6, 6.07) is 0. The van der Waals surface area contributed by atoms with E-state index in [9.17, 15) is 9.59 Å². The first kappa shape index (κ1) is 7.78. The zero-order chi connectivity index (χ0) is 8.43. The molecule has 0 aromatic rings. The van der Waals surface area contributed by atoms with Gasteiger partial charge in [-0.2, -0.15) is 0 Å². The monoisotopic (exact) mass is 154 g/mol. The Morgan fingerprint density at radius 1 is 1.64 bits per heavy atom. The fourth-order valence-electron chi connectivity index (χ4n) is 1.07. The van der Waals surface area contributed by atoms with Gasteiger partial charge in [-0.15, -0.1) is 0 Å². The molecule has 0 aromatic heterocycles. The van der Waals surface area contributed by atoms with Crippen molar-refractivity contribution in [2.24, 2.45) is 5.73 Å². The van der Waals surface area contributed by atoms with E-state index >= 15 is 0 Å². The van der Waals surface area contributed by atoms with Gasteiger partial charge < -0.3 is 10.6 Å². The average Bonchev–Trinajstić information content (AvgIpc) is 2.33. The third-order valence-corrected chi connectivity index (χ3v) is 1.68. The van der Waals surface area contributed by atoms with Crippen LogP contribution in [0.15, 0.2) is 12.3 Å². The molecule has 4 nitrogen and oxygen atoms in total. The Morgan fingerprint density at radius 3 is 2.64 bits per heavy atom. The van der Waals surface area contributed by atoms with E-state index in [4.69, 9.17) is 5.73 Å². The van der Waals surface area contributed by atoms with Crippen LogP contribution in [0.5, 0.6) is 0 Å². The number of amides is 2. The Morgan fingerprint density at radius 2 is 2.27 bits per heavy atom. The van der Waals surface area contributed by atoms with E-state index in [1.807, 2.05) is 0 Å². The van der Waals surface area contributed by atoms with Crippen molar-refractivity contribution < 1.29 is 9.59 Å². The van der Waals surface area contributed by atoms with Gasteiger partial charge in [0.05, 0.1) is 0 Å². The number of nitrogens with zero attached hydrogens (tertiary/aromatic N) is 1. The minimum absolute atomic E-state index is 0.0613. The number of primary amides is 1. The lowest BCUT2D eigenvalue weighted by Crippen LogP contribution is -2.31. The van der Waals surface area contributed by atoms with Gasteiger partial charge in [0.15, 0.2) is 0 Å². The lowest BCUT2D eigenvalue weighted by atomic mass is 10.4. The molecule has 4 heteroatoms. The van der Waals surface area contributed by atoms with Crippen LogP contribution in [0.1, 0.15) is 12.8 Å². The van der Waals surface area contributed by atoms with Crippen LogP contribution in [-0.2, 0) is 9.59 Å². The standard InChI is InChI=1S/C7H10N2O2/c1-5(7(8)11)9-4-2-3-6(9)10/h1-4H2,(H2,8,11). The first-order chi connectivity index (χ1) is 5.13. The normalized spacial score (nSPS) is 17.1. The predicted molar refractivity (Wildman–Crippen MR) is 39.3 cm³/mol. The van der Waals surface area contributed by atoms with E-state index in [1.165, 1.54) is 4.90 Å². The number of nitrogens with two attached hydrogens (primary N) is 1. The van der Waals surface area contributed by atoms with Gasteiger partial charge in [-0.05, 0) is 6.42 Å². The zero-order valence-corrected chi connectivity index (χ0v) is 6.17. The summed E-state index contributed by atoms with van der Waals surface area (Å²) in [6.07, 6.45) is 1.28. The van der Waals surface area contributed by atoms with Crippen molar-refractivity contribution in [1.29, 1.82) is 0 Å². The predicted octanol–water partition coefficient (Wildman–Crippen LogP) is -0.392. The van der Waals surface area contributed by atoms with Gasteiger partial charge in [-0.1, -0.05) is 6.58 Å². The van der Waals surface area contributed by atoms with Gasteiger partial charge in [0, 0.05) is 13.0 Å². The second-order valence-electron chi connectivity index (χ2n) is 2.46. The number of hydrogen-bond acceptors (Lipinski definition) is 2. The molecule has 1 saturated heterocycles. The maximum Gasteiger partial charge on any atom is 0.264 e. The Labute approximate surface area is 64.7 Å². The summed E-state index contributed by atoms with van der Waals surface area (Å²) in [5.74, 6) is -0.686. The van der Waals surface area contributed by atoms with Gasteiger partial charge in [0.25, 0.3) is 5.91 Å². The molecule has 60 valence electrons. The molecule has 0 atom stereocenters. The minimum Gasteiger partial charge on any atom is -0.364 e. The molecule has 1 heterocycles. The van der Waals surface area contributed by atoms with Crippen LogP contribution < -0.4 is 5.73 Å². The molecule has 1 aliphatic rings. The highest BCUT2D eigenvalue weighted by Crippen LogP contribution is 2.14. The van der Waals surface area contributed by atoms with Crippen molar-refractivity contribution in [3.8, 4) is 0 Å². The van der Waals surface area contributed by atoms with Gasteiger partial charge in [0.2, 0.25) is 5.91 Å². The topological polar surface area (TPSA) is 63.4 Å². The van der Waals surface area contributed by atoms with Gasteiger partial charge in [0.1, 0.15) is 5.70 Å². The third-order valence-electron chi connectivity index (χ3n) is 1.68. The highest BCUT2D eigenvalue weighted by molar-refractivity contribution is 5.96. The summed E-state index contributed by atoms with van der Waals surface area (Å²) in [5.41, 5.74) is 5.05. The summed E-state index contributed by atoms with van der Waals surface area (Å²) in [4.78, 5) is 22.9. The largest absolute Gasteiger partial charge is 0.364 e. The lowest BCUT2D eigenvalue weighted by molar-refractivity contribution is -0.128. The summed E-state index contributed by atoms with van der Waals surface area (Å²) in [5, 5.41) is 0. The van der Waals surface area contributed by atoms with Crippen molar-refractivity contribution in [3.05, 3.63) is 12.3 Å². The molecule has 0 bridgehead atoms. The van der Waals surface area contributed by atoms with Crippen LogP contribution in [0.4, 0.5) is 0 Å². The van der Waals surface area contributed by atoms with Crippen LogP contribution in [-0.4, -0.2) is 23.3 Å². The molecular weight excluding hydrogens is 144 g/mol. The van der Waals surface area contributed by atoms with Crippen molar-refractivity contribution >= 4 is 11.8 Å². The van der Waals surface area contributed by atoms with Crippen molar-refractivity contribution in [3.63, 3.8) is 0 Å². The van der Waals surface area contributed by atoms with E-state index in [0.717, 1.165) is 6.42 Å². The maximum absolute atomic E-state index is 11.0. The van der Waals surface area contributed by atoms with Crippen LogP contribution in [0.2, 0.25) is 0 Å². The van der Waals surface area contributed by atoms with Crippen molar-refractivity contribution in [1.82, 2.24) is 4.90 Å². The quantitative estimate of drug-likeness (QED) is 0.550. The lowest BCUT2D eigenvalue weighted by Gasteiger charge is -2.14. The molecule has 0 aliphatic carbocycles. The molecule has 0 aromatic carbocycles. The summed E-state index contributed by atoms with van der Waals surface area (Å²) in [7, 11) is 0. The molecule has 0 spiro atoms. The molecule has 11 heavy (non-hydrogen) atoms. The maximum atomic E-state index is 11.0. The first-order valence-electron chi connectivity index (χ1n) is 3.42. The van der Waals surface area contributed by atoms with Gasteiger partial charge >= 0.3 is 0 Å². The molecular formula is C7H10N2O2. The van der Waals surface area contributed by atoms with E-state index in [-0.39, 0.29) is 11.6 Å². The molecule has 0 unspecified atom stereocenters. The molecule has 0 saturated carbocycles. The summed E-state index contributed by atoms with van der Waals surface area (Å²) < 4.78 is 0. The van der Waals surface area contributed by atoms with E-state index < -0.39 is 5.91 Å². The second kappa shape index (κ2) is 2.74. The number of likely N-dealkylation sites (tertiary alicyclic amines) is 1. The van der Waals surface area contributed by atoms with Crippen LogP contribution >= 0.6 is 0 Å². The van der Waals surface area contributed by atoms with E-state index in [1.54, 1.807) is 0 Å². The number of carbonyl (C=O) groups is 2.